The Labute approximate surface area is 135 Å². The van der Waals surface area contributed by atoms with Gasteiger partial charge in [-0.15, -0.1) is 0 Å². The maximum Gasteiger partial charge on any atom is 0.272 e. The lowest BCUT2D eigenvalue weighted by Crippen LogP contribution is -2.30. The van der Waals surface area contributed by atoms with Crippen LogP contribution < -0.4 is 5.32 Å². The number of aliphatic hydroxyl groups is 1. The third-order valence-corrected chi connectivity index (χ3v) is 3.91. The van der Waals surface area contributed by atoms with Crippen LogP contribution in [0.2, 0.25) is 0 Å². The van der Waals surface area contributed by atoms with Gasteiger partial charge in [-0.2, -0.15) is 0 Å². The Balaban J connectivity index is 1.99. The zero-order valence-electron chi connectivity index (χ0n) is 13.5. The van der Waals surface area contributed by atoms with Crippen LogP contribution in [0.25, 0.3) is 0 Å². The lowest BCUT2D eigenvalue weighted by molar-refractivity contribution is -0.385. The van der Waals surface area contributed by atoms with Gasteiger partial charge in [-0.3, -0.25) is 10.1 Å². The summed E-state index contributed by atoms with van der Waals surface area (Å²) in [7, 11) is 0. The fourth-order valence-electron chi connectivity index (χ4n) is 2.62. The number of furan rings is 1. The SMILES string of the molecule is Cc1ccc(C(C)NC(C)CC(O)c2ccco2)cc1[N+](=O)[O-]. The van der Waals surface area contributed by atoms with Crippen LogP contribution in [0.4, 0.5) is 5.69 Å². The van der Waals surface area contributed by atoms with Crippen molar-refractivity contribution in [2.24, 2.45) is 0 Å². The number of nitro groups is 1. The van der Waals surface area contributed by atoms with Gasteiger partial charge in [0.15, 0.2) is 0 Å². The van der Waals surface area contributed by atoms with Crippen molar-refractivity contribution in [2.75, 3.05) is 0 Å². The molecule has 1 aromatic carbocycles. The molecular formula is C17H22N2O4. The molecule has 0 saturated heterocycles. The zero-order valence-corrected chi connectivity index (χ0v) is 13.5. The summed E-state index contributed by atoms with van der Waals surface area (Å²) in [6.07, 6.45) is 1.35. The molecule has 0 aliphatic rings. The highest BCUT2D eigenvalue weighted by Gasteiger charge is 2.18. The number of hydrogen-bond donors (Lipinski definition) is 2. The summed E-state index contributed by atoms with van der Waals surface area (Å²) in [6.45, 7) is 5.64. The van der Waals surface area contributed by atoms with Gasteiger partial charge < -0.3 is 14.8 Å². The summed E-state index contributed by atoms with van der Waals surface area (Å²) in [5.74, 6) is 0.539. The Bertz CT molecular complexity index is 655. The van der Waals surface area contributed by atoms with Gasteiger partial charge in [0.25, 0.3) is 5.69 Å². The van der Waals surface area contributed by atoms with Crippen LogP contribution in [0.5, 0.6) is 0 Å². The van der Waals surface area contributed by atoms with Crippen molar-refractivity contribution in [2.45, 2.75) is 45.4 Å². The van der Waals surface area contributed by atoms with Crippen LogP contribution in [0, 0.1) is 17.0 Å². The second-order valence-corrected chi connectivity index (χ2v) is 5.86. The van der Waals surface area contributed by atoms with E-state index in [0.29, 0.717) is 17.7 Å². The molecule has 1 aromatic heterocycles. The normalized spacial score (nSPS) is 15.1. The van der Waals surface area contributed by atoms with E-state index >= 15 is 0 Å². The number of hydrogen-bond acceptors (Lipinski definition) is 5. The highest BCUT2D eigenvalue weighted by Crippen LogP contribution is 2.25. The first-order chi connectivity index (χ1) is 10.9. The molecule has 3 unspecified atom stereocenters. The maximum absolute atomic E-state index is 11.0. The Morgan fingerprint density at radius 1 is 1.35 bits per heavy atom. The van der Waals surface area contributed by atoms with E-state index in [2.05, 4.69) is 5.32 Å². The molecular weight excluding hydrogens is 296 g/mol. The Morgan fingerprint density at radius 2 is 2.09 bits per heavy atom. The Hall–Kier alpha value is -2.18. The second-order valence-electron chi connectivity index (χ2n) is 5.86. The van der Waals surface area contributed by atoms with E-state index in [1.54, 1.807) is 31.2 Å². The fourth-order valence-corrected chi connectivity index (χ4v) is 2.62. The molecule has 1 heterocycles. The third-order valence-electron chi connectivity index (χ3n) is 3.91. The minimum atomic E-state index is -0.674. The van der Waals surface area contributed by atoms with Crippen molar-refractivity contribution in [1.82, 2.24) is 5.32 Å². The summed E-state index contributed by atoms with van der Waals surface area (Å²) in [5, 5.41) is 24.5. The Morgan fingerprint density at radius 3 is 2.70 bits per heavy atom. The standard InChI is InChI=1S/C17H22N2O4/c1-11-6-7-14(10-15(11)19(21)22)13(3)18-12(2)9-16(20)17-5-4-8-23-17/h4-8,10,12-13,16,18,20H,9H2,1-3H3. The molecule has 0 saturated carbocycles. The van der Waals surface area contributed by atoms with Gasteiger partial charge in [-0.1, -0.05) is 12.1 Å². The van der Waals surface area contributed by atoms with Gasteiger partial charge in [-0.25, -0.2) is 0 Å². The average molecular weight is 318 g/mol. The molecule has 124 valence electrons. The molecule has 0 amide bonds. The Kier molecular flexibility index (Phi) is 5.52. The quantitative estimate of drug-likeness (QED) is 0.601. The van der Waals surface area contributed by atoms with Gasteiger partial charge in [-0.05, 0) is 44.9 Å². The van der Waals surface area contributed by atoms with Crippen LogP contribution in [-0.2, 0) is 0 Å². The monoisotopic (exact) mass is 318 g/mol. The molecule has 2 rings (SSSR count). The van der Waals surface area contributed by atoms with Crippen LogP contribution in [-0.4, -0.2) is 16.1 Å². The van der Waals surface area contributed by atoms with Gasteiger partial charge in [0.1, 0.15) is 11.9 Å². The highest BCUT2D eigenvalue weighted by molar-refractivity contribution is 5.43. The van der Waals surface area contributed by atoms with E-state index in [-0.39, 0.29) is 22.7 Å². The lowest BCUT2D eigenvalue weighted by Gasteiger charge is -2.22. The molecule has 23 heavy (non-hydrogen) atoms. The van der Waals surface area contributed by atoms with Crippen molar-refractivity contribution < 1.29 is 14.4 Å². The zero-order chi connectivity index (χ0) is 17.0. The van der Waals surface area contributed by atoms with E-state index in [0.717, 1.165) is 5.56 Å². The molecule has 0 bridgehead atoms. The van der Waals surface area contributed by atoms with Crippen molar-refractivity contribution >= 4 is 5.69 Å². The second kappa shape index (κ2) is 7.39. The molecule has 0 aliphatic heterocycles. The molecule has 0 radical (unpaired) electrons. The first kappa shape index (κ1) is 17.2. The molecule has 6 nitrogen and oxygen atoms in total. The summed E-state index contributed by atoms with van der Waals surface area (Å²) in [5.41, 5.74) is 1.62. The van der Waals surface area contributed by atoms with Gasteiger partial charge >= 0.3 is 0 Å². The van der Waals surface area contributed by atoms with Crippen molar-refractivity contribution in [3.8, 4) is 0 Å². The number of aryl methyl sites for hydroxylation is 1. The van der Waals surface area contributed by atoms with Gasteiger partial charge in [0, 0.05) is 23.7 Å². The minimum absolute atomic E-state index is 0.0189. The van der Waals surface area contributed by atoms with E-state index in [4.69, 9.17) is 4.42 Å². The summed E-state index contributed by atoms with van der Waals surface area (Å²) in [6, 6.07) is 8.68. The minimum Gasteiger partial charge on any atom is -0.467 e. The number of rotatable bonds is 7. The smallest absolute Gasteiger partial charge is 0.272 e. The first-order valence-electron chi connectivity index (χ1n) is 7.61. The van der Waals surface area contributed by atoms with Crippen LogP contribution in [0.15, 0.2) is 41.0 Å². The predicted octanol–water partition coefficient (Wildman–Crippen LogP) is 3.66. The van der Waals surface area contributed by atoms with Crippen LogP contribution in [0.1, 0.15) is 49.3 Å². The van der Waals surface area contributed by atoms with E-state index in [1.807, 2.05) is 19.9 Å². The number of aliphatic hydroxyl groups excluding tert-OH is 1. The van der Waals surface area contributed by atoms with E-state index in [9.17, 15) is 15.2 Å². The summed E-state index contributed by atoms with van der Waals surface area (Å²) >= 11 is 0. The number of nitrogens with one attached hydrogen (secondary N) is 1. The molecule has 6 heteroatoms. The van der Waals surface area contributed by atoms with Gasteiger partial charge in [0.2, 0.25) is 0 Å². The molecule has 0 spiro atoms. The van der Waals surface area contributed by atoms with Crippen molar-refractivity contribution in [1.29, 1.82) is 0 Å². The number of nitrogens with zero attached hydrogens (tertiary/aromatic N) is 1. The average Bonchev–Trinajstić information content (AvgIpc) is 3.01. The maximum atomic E-state index is 11.0. The molecule has 0 aliphatic carbocycles. The van der Waals surface area contributed by atoms with Crippen LogP contribution in [0.3, 0.4) is 0 Å². The summed E-state index contributed by atoms with van der Waals surface area (Å²) < 4.78 is 5.19. The van der Waals surface area contributed by atoms with Gasteiger partial charge in [0.05, 0.1) is 11.2 Å². The molecule has 0 fully saturated rings. The number of nitro benzene ring substituents is 1. The third kappa shape index (κ3) is 4.40. The first-order valence-corrected chi connectivity index (χ1v) is 7.61. The lowest BCUT2D eigenvalue weighted by atomic mass is 10.0. The largest absolute Gasteiger partial charge is 0.467 e. The molecule has 2 aromatic rings. The highest BCUT2D eigenvalue weighted by atomic mass is 16.6. The summed E-state index contributed by atoms with van der Waals surface area (Å²) in [4.78, 5) is 10.7. The van der Waals surface area contributed by atoms with Crippen molar-refractivity contribution in [3.05, 3.63) is 63.6 Å². The predicted molar refractivity (Wildman–Crippen MR) is 87.1 cm³/mol. The number of benzene rings is 1. The van der Waals surface area contributed by atoms with E-state index < -0.39 is 6.10 Å². The molecule has 2 N–H and O–H groups in total. The van der Waals surface area contributed by atoms with Crippen LogP contribution >= 0.6 is 0 Å². The fraction of sp³-hybridized carbons (Fsp3) is 0.412. The van der Waals surface area contributed by atoms with E-state index in [1.165, 1.54) is 6.26 Å². The topological polar surface area (TPSA) is 88.5 Å². The van der Waals surface area contributed by atoms with Crippen molar-refractivity contribution in [3.63, 3.8) is 0 Å². The molecule has 3 atom stereocenters.